The summed E-state index contributed by atoms with van der Waals surface area (Å²) in [4.78, 5) is 10.8. The van der Waals surface area contributed by atoms with E-state index in [1.54, 1.807) is 24.3 Å². The van der Waals surface area contributed by atoms with Gasteiger partial charge < -0.3 is 16.2 Å². The first kappa shape index (κ1) is 12.2. The van der Waals surface area contributed by atoms with Crippen LogP contribution in [0.1, 0.15) is 10.4 Å². The molecule has 5 heteroatoms. The number of halogens is 1. The molecule has 0 aliphatic rings. The molecule has 0 aliphatic heterocycles. The van der Waals surface area contributed by atoms with Crippen LogP contribution in [0.25, 0.3) is 0 Å². The number of primary amides is 1. The predicted octanol–water partition coefficient (Wildman–Crippen LogP) is 0.976. The minimum Gasteiger partial charge on any atom is -0.489 e. The molecule has 86 valence electrons. The van der Waals surface area contributed by atoms with Crippen LogP contribution in [0.2, 0.25) is 0 Å². The van der Waals surface area contributed by atoms with Crippen LogP contribution in [0.5, 0.6) is 5.75 Å². The largest absolute Gasteiger partial charge is 0.489 e. The summed E-state index contributed by atoms with van der Waals surface area (Å²) in [6.07, 6.45) is 0.428. The highest BCUT2D eigenvalue weighted by atomic mass is 19.1. The summed E-state index contributed by atoms with van der Waals surface area (Å²) in [6.45, 7) is 0.193. The molecule has 4 nitrogen and oxygen atoms in total. The van der Waals surface area contributed by atoms with Crippen LogP contribution in [0, 0.1) is 0 Å². The van der Waals surface area contributed by atoms with Crippen molar-refractivity contribution in [3.8, 4) is 5.75 Å². The van der Waals surface area contributed by atoms with Crippen molar-refractivity contribution in [2.75, 3.05) is 13.2 Å². The monoisotopic (exact) mass is 224 g/mol. The van der Waals surface area contributed by atoms with Crippen LogP contribution < -0.4 is 16.2 Å². The standard InChI is InChI=1S/C11H13FN2O2/c12-5-8(6-13)7-16-10-3-1-9(2-4-10)11(14)15/h1-5H,6-7,13H2,(H2,14,15)/b8-5-. The van der Waals surface area contributed by atoms with Gasteiger partial charge in [0.1, 0.15) is 12.4 Å². The fraction of sp³-hybridized carbons (Fsp3) is 0.182. The van der Waals surface area contributed by atoms with E-state index in [1.165, 1.54) is 0 Å². The van der Waals surface area contributed by atoms with E-state index in [0.29, 0.717) is 23.2 Å². The van der Waals surface area contributed by atoms with Gasteiger partial charge in [-0.1, -0.05) is 0 Å². The van der Waals surface area contributed by atoms with Crippen LogP contribution in [-0.2, 0) is 0 Å². The van der Waals surface area contributed by atoms with Crippen molar-refractivity contribution in [2.24, 2.45) is 11.5 Å². The maximum Gasteiger partial charge on any atom is 0.248 e. The third-order valence-electron chi connectivity index (χ3n) is 1.98. The molecule has 0 heterocycles. The zero-order chi connectivity index (χ0) is 12.0. The van der Waals surface area contributed by atoms with Crippen LogP contribution in [0.15, 0.2) is 36.2 Å². The smallest absolute Gasteiger partial charge is 0.248 e. The van der Waals surface area contributed by atoms with Crippen molar-refractivity contribution in [1.82, 2.24) is 0 Å². The molecule has 0 spiro atoms. The first-order valence-corrected chi connectivity index (χ1v) is 4.68. The summed E-state index contributed by atoms with van der Waals surface area (Å²) < 4.78 is 17.4. The molecule has 1 aromatic carbocycles. The van der Waals surface area contributed by atoms with E-state index in [9.17, 15) is 9.18 Å². The Labute approximate surface area is 92.7 Å². The number of nitrogens with two attached hydrogens (primary N) is 2. The third-order valence-corrected chi connectivity index (χ3v) is 1.98. The van der Waals surface area contributed by atoms with Crippen molar-refractivity contribution in [2.45, 2.75) is 0 Å². The van der Waals surface area contributed by atoms with Gasteiger partial charge >= 0.3 is 0 Å². The van der Waals surface area contributed by atoms with Crippen molar-refractivity contribution in [3.63, 3.8) is 0 Å². The minimum atomic E-state index is -0.502. The maximum absolute atomic E-state index is 12.1. The third kappa shape index (κ3) is 3.36. The Hall–Kier alpha value is -1.88. The molecule has 1 rings (SSSR count). The number of rotatable bonds is 5. The summed E-state index contributed by atoms with van der Waals surface area (Å²) >= 11 is 0. The summed E-state index contributed by atoms with van der Waals surface area (Å²) in [5.74, 6) is 0.0238. The molecule has 0 radical (unpaired) electrons. The van der Waals surface area contributed by atoms with E-state index in [1.807, 2.05) is 0 Å². The molecule has 0 aliphatic carbocycles. The van der Waals surface area contributed by atoms with E-state index in [2.05, 4.69) is 0 Å². The summed E-state index contributed by atoms with van der Waals surface area (Å²) in [7, 11) is 0. The number of hydrogen-bond acceptors (Lipinski definition) is 3. The van der Waals surface area contributed by atoms with Gasteiger partial charge in [-0.3, -0.25) is 4.79 Å². The number of hydrogen-bond donors (Lipinski definition) is 2. The zero-order valence-corrected chi connectivity index (χ0v) is 8.65. The molecular weight excluding hydrogens is 211 g/mol. The van der Waals surface area contributed by atoms with Crippen molar-refractivity contribution < 1.29 is 13.9 Å². The number of benzene rings is 1. The highest BCUT2D eigenvalue weighted by Crippen LogP contribution is 2.12. The van der Waals surface area contributed by atoms with Crippen LogP contribution in [0.4, 0.5) is 4.39 Å². The zero-order valence-electron chi connectivity index (χ0n) is 8.65. The molecule has 16 heavy (non-hydrogen) atoms. The molecule has 0 saturated heterocycles. The predicted molar refractivity (Wildman–Crippen MR) is 58.7 cm³/mol. The average molecular weight is 224 g/mol. The van der Waals surface area contributed by atoms with E-state index < -0.39 is 5.91 Å². The van der Waals surface area contributed by atoms with Gasteiger partial charge in [-0.2, -0.15) is 0 Å². The molecule has 0 saturated carbocycles. The Bertz CT molecular complexity index is 387. The van der Waals surface area contributed by atoms with E-state index in [0.717, 1.165) is 0 Å². The van der Waals surface area contributed by atoms with Gasteiger partial charge in [-0.15, -0.1) is 0 Å². The lowest BCUT2D eigenvalue weighted by Crippen LogP contribution is -2.12. The lowest BCUT2D eigenvalue weighted by Gasteiger charge is -2.07. The Kier molecular flexibility index (Phi) is 4.47. The first-order chi connectivity index (χ1) is 7.67. The van der Waals surface area contributed by atoms with Gasteiger partial charge in [-0.05, 0) is 24.3 Å². The molecule has 0 unspecified atom stereocenters. The van der Waals surface area contributed by atoms with Crippen molar-refractivity contribution >= 4 is 5.91 Å². The summed E-state index contributed by atoms with van der Waals surface area (Å²) in [6, 6.07) is 6.26. The fourth-order valence-corrected chi connectivity index (χ4v) is 1.03. The minimum absolute atomic E-state index is 0.0862. The van der Waals surface area contributed by atoms with Gasteiger partial charge in [0, 0.05) is 17.7 Å². The van der Waals surface area contributed by atoms with Crippen molar-refractivity contribution in [1.29, 1.82) is 0 Å². The number of amides is 1. The molecule has 0 fully saturated rings. The Morgan fingerprint density at radius 2 is 2.00 bits per heavy atom. The van der Waals surface area contributed by atoms with Crippen LogP contribution in [0.3, 0.4) is 0 Å². The fourth-order valence-electron chi connectivity index (χ4n) is 1.03. The highest BCUT2D eigenvalue weighted by Gasteiger charge is 2.01. The summed E-state index contributed by atoms with van der Waals surface area (Å²) in [5, 5.41) is 0. The number of ether oxygens (including phenoxy) is 1. The molecule has 0 aromatic heterocycles. The van der Waals surface area contributed by atoms with Gasteiger partial charge in [-0.25, -0.2) is 4.39 Å². The Balaban J connectivity index is 2.59. The molecule has 1 amide bonds. The Morgan fingerprint density at radius 1 is 1.38 bits per heavy atom. The normalized spacial score (nSPS) is 11.2. The maximum atomic E-state index is 12.1. The first-order valence-electron chi connectivity index (χ1n) is 4.68. The topological polar surface area (TPSA) is 78.3 Å². The van der Waals surface area contributed by atoms with Gasteiger partial charge in [0.15, 0.2) is 0 Å². The second-order valence-corrected chi connectivity index (χ2v) is 3.15. The lowest BCUT2D eigenvalue weighted by molar-refractivity contribution is 0.100. The van der Waals surface area contributed by atoms with Crippen LogP contribution in [-0.4, -0.2) is 19.1 Å². The van der Waals surface area contributed by atoms with E-state index >= 15 is 0 Å². The van der Waals surface area contributed by atoms with Crippen LogP contribution >= 0.6 is 0 Å². The van der Waals surface area contributed by atoms with Crippen molar-refractivity contribution in [3.05, 3.63) is 41.7 Å². The second-order valence-electron chi connectivity index (χ2n) is 3.15. The molecule has 1 aromatic rings. The van der Waals surface area contributed by atoms with Gasteiger partial charge in [0.25, 0.3) is 0 Å². The van der Waals surface area contributed by atoms with E-state index in [4.69, 9.17) is 16.2 Å². The molecule has 0 bridgehead atoms. The van der Waals surface area contributed by atoms with E-state index in [-0.39, 0.29) is 13.2 Å². The number of carbonyl (C=O) groups excluding carboxylic acids is 1. The molecule has 4 N–H and O–H groups in total. The lowest BCUT2D eigenvalue weighted by atomic mass is 10.2. The van der Waals surface area contributed by atoms with Gasteiger partial charge in [0.05, 0.1) is 6.33 Å². The Morgan fingerprint density at radius 3 is 2.44 bits per heavy atom. The average Bonchev–Trinajstić information content (AvgIpc) is 2.31. The molecular formula is C11H13FN2O2. The summed E-state index contributed by atoms with van der Waals surface area (Å²) in [5.41, 5.74) is 11.1. The quantitative estimate of drug-likeness (QED) is 0.782. The molecule has 0 atom stereocenters. The SMILES string of the molecule is NC/C(=C/F)COc1ccc(C(N)=O)cc1. The highest BCUT2D eigenvalue weighted by molar-refractivity contribution is 5.92. The second kappa shape index (κ2) is 5.87. The number of carbonyl (C=O) groups is 1. The van der Waals surface area contributed by atoms with Gasteiger partial charge in [0.2, 0.25) is 5.91 Å².